The topological polar surface area (TPSA) is 82.3 Å². The molecule has 1 saturated carbocycles. The Kier molecular flexibility index (Phi) is 6.54. The van der Waals surface area contributed by atoms with Crippen LogP contribution in [-0.2, 0) is 9.59 Å². The second kappa shape index (κ2) is 8.63. The third kappa shape index (κ3) is 5.49. The van der Waals surface area contributed by atoms with Gasteiger partial charge in [-0.15, -0.1) is 0 Å². The molecular weight excluding hydrogens is 324 g/mol. The summed E-state index contributed by atoms with van der Waals surface area (Å²) in [6, 6.07) is 7.50. The van der Waals surface area contributed by atoms with Crippen LogP contribution in [-0.4, -0.2) is 23.0 Å². The molecule has 0 spiro atoms. The van der Waals surface area contributed by atoms with E-state index in [2.05, 4.69) is 28.4 Å². The molecule has 7 heteroatoms. The molecule has 1 aliphatic carbocycles. The number of anilines is 1. The highest BCUT2D eigenvalue weighted by Gasteiger charge is 2.22. The number of carbonyl (C=O) groups excluding carboxylic acids is 2. The average Bonchev–Trinajstić information content (AvgIpc) is 2.57. The fourth-order valence-electron chi connectivity index (χ4n) is 2.73. The minimum absolute atomic E-state index is 0.303. The summed E-state index contributed by atoms with van der Waals surface area (Å²) in [5, 5.41) is 6.04. The molecule has 0 radical (unpaired) electrons. The van der Waals surface area contributed by atoms with Gasteiger partial charge in [-0.25, -0.2) is 0 Å². The Balaban J connectivity index is 1.74. The number of amides is 2. The Labute approximate surface area is 147 Å². The Hall–Kier alpha value is -2.15. The van der Waals surface area contributed by atoms with E-state index >= 15 is 0 Å². The molecule has 0 saturated heterocycles. The predicted molar refractivity (Wildman–Crippen MR) is 98.2 cm³/mol. The molecule has 0 aliphatic heterocycles. The number of rotatable bonds is 2. The molecule has 0 aromatic heterocycles. The zero-order chi connectivity index (χ0) is 17.5. The molecule has 0 unspecified atom stereocenters. The summed E-state index contributed by atoms with van der Waals surface area (Å²) in [6.45, 7) is 4.14. The lowest BCUT2D eigenvalue weighted by molar-refractivity contribution is -0.136. The molecule has 1 aromatic carbocycles. The van der Waals surface area contributed by atoms with Crippen LogP contribution in [0.4, 0.5) is 5.69 Å². The van der Waals surface area contributed by atoms with Gasteiger partial charge in [-0.3, -0.25) is 20.4 Å². The van der Waals surface area contributed by atoms with Crippen LogP contribution in [0.1, 0.15) is 38.2 Å². The molecule has 1 fully saturated rings. The third-order valence-corrected chi connectivity index (χ3v) is 4.45. The van der Waals surface area contributed by atoms with E-state index < -0.39 is 11.8 Å². The van der Waals surface area contributed by atoms with Crippen LogP contribution < -0.4 is 21.5 Å². The van der Waals surface area contributed by atoms with E-state index in [9.17, 15) is 9.59 Å². The van der Waals surface area contributed by atoms with E-state index in [-0.39, 0.29) is 0 Å². The smallest absolute Gasteiger partial charge is 0.328 e. The van der Waals surface area contributed by atoms with Gasteiger partial charge in [-0.05, 0) is 50.0 Å². The first kappa shape index (κ1) is 18.2. The van der Waals surface area contributed by atoms with Gasteiger partial charge >= 0.3 is 11.8 Å². The monoisotopic (exact) mass is 348 g/mol. The summed E-state index contributed by atoms with van der Waals surface area (Å²) in [7, 11) is 0. The maximum Gasteiger partial charge on any atom is 0.328 e. The molecule has 24 heavy (non-hydrogen) atoms. The first-order valence-electron chi connectivity index (χ1n) is 8.20. The maximum absolute atomic E-state index is 11.8. The van der Waals surface area contributed by atoms with Crippen molar-refractivity contribution < 1.29 is 9.59 Å². The molecular formula is C17H24N4O2S. The van der Waals surface area contributed by atoms with Gasteiger partial charge in [0.25, 0.3) is 0 Å². The van der Waals surface area contributed by atoms with Gasteiger partial charge in [0, 0.05) is 11.7 Å². The number of hydrazine groups is 1. The molecule has 6 nitrogen and oxygen atoms in total. The van der Waals surface area contributed by atoms with Crippen LogP contribution >= 0.6 is 12.2 Å². The first-order chi connectivity index (χ1) is 11.5. The number of hydrogen-bond acceptors (Lipinski definition) is 3. The van der Waals surface area contributed by atoms with Crippen molar-refractivity contribution in [2.45, 2.75) is 45.6 Å². The third-order valence-electron chi connectivity index (χ3n) is 4.23. The van der Waals surface area contributed by atoms with Crippen LogP contribution in [0.25, 0.3) is 0 Å². The number of carbonyl (C=O) groups is 2. The first-order valence-corrected chi connectivity index (χ1v) is 8.61. The van der Waals surface area contributed by atoms with Gasteiger partial charge in [0.05, 0.1) is 0 Å². The lowest BCUT2D eigenvalue weighted by Gasteiger charge is -2.30. The van der Waals surface area contributed by atoms with Crippen molar-refractivity contribution in [2.75, 3.05) is 5.32 Å². The van der Waals surface area contributed by atoms with E-state index in [1.165, 1.54) is 19.3 Å². The van der Waals surface area contributed by atoms with Gasteiger partial charge in [-0.1, -0.05) is 37.5 Å². The van der Waals surface area contributed by atoms with Gasteiger partial charge in [-0.2, -0.15) is 0 Å². The molecule has 2 rings (SSSR count). The van der Waals surface area contributed by atoms with E-state index in [1.54, 1.807) is 12.1 Å². The predicted octanol–water partition coefficient (Wildman–Crippen LogP) is 2.01. The minimum Gasteiger partial charge on any atom is -0.358 e. The molecule has 1 aliphatic rings. The summed E-state index contributed by atoms with van der Waals surface area (Å²) in [4.78, 5) is 23.6. The summed E-state index contributed by atoms with van der Waals surface area (Å²) >= 11 is 5.17. The van der Waals surface area contributed by atoms with Crippen LogP contribution in [0.3, 0.4) is 0 Å². The van der Waals surface area contributed by atoms with Gasteiger partial charge < -0.3 is 10.6 Å². The average molecular weight is 348 g/mol. The lowest BCUT2D eigenvalue weighted by Crippen LogP contribution is -2.53. The Morgan fingerprint density at radius 2 is 1.71 bits per heavy atom. The second-order valence-corrected chi connectivity index (χ2v) is 6.65. The molecule has 2 amide bonds. The van der Waals surface area contributed by atoms with Crippen molar-refractivity contribution in [1.29, 1.82) is 0 Å². The van der Waals surface area contributed by atoms with Gasteiger partial charge in [0.2, 0.25) is 0 Å². The fraction of sp³-hybridized carbons (Fsp3) is 0.471. The van der Waals surface area contributed by atoms with Crippen molar-refractivity contribution in [3.05, 3.63) is 29.8 Å². The molecule has 130 valence electrons. The van der Waals surface area contributed by atoms with Crippen molar-refractivity contribution in [2.24, 2.45) is 5.92 Å². The minimum atomic E-state index is -0.795. The van der Waals surface area contributed by atoms with Crippen LogP contribution in [0.5, 0.6) is 0 Å². The number of thiocarbonyl (C=S) groups is 1. The normalized spacial score (nSPS) is 19.9. The molecule has 1 aromatic rings. The van der Waals surface area contributed by atoms with Crippen molar-refractivity contribution in [1.82, 2.24) is 16.2 Å². The lowest BCUT2D eigenvalue weighted by atomic mass is 9.86. The van der Waals surface area contributed by atoms with Crippen LogP contribution in [0.2, 0.25) is 0 Å². The summed E-state index contributed by atoms with van der Waals surface area (Å²) in [5.74, 6) is -1.00. The van der Waals surface area contributed by atoms with E-state index in [4.69, 9.17) is 12.2 Å². The molecule has 4 N–H and O–H groups in total. The zero-order valence-electron chi connectivity index (χ0n) is 14.0. The van der Waals surface area contributed by atoms with Crippen LogP contribution in [0.15, 0.2) is 24.3 Å². The highest BCUT2D eigenvalue weighted by molar-refractivity contribution is 7.80. The molecule has 2 atom stereocenters. The Morgan fingerprint density at radius 3 is 2.38 bits per heavy atom. The van der Waals surface area contributed by atoms with E-state index in [1.807, 2.05) is 19.1 Å². The second-order valence-electron chi connectivity index (χ2n) is 6.24. The number of benzene rings is 1. The largest absolute Gasteiger partial charge is 0.358 e. The quantitative estimate of drug-likeness (QED) is 0.373. The highest BCUT2D eigenvalue weighted by Crippen LogP contribution is 2.23. The van der Waals surface area contributed by atoms with Crippen molar-refractivity contribution in [3.8, 4) is 0 Å². The number of aryl methyl sites for hydroxylation is 1. The highest BCUT2D eigenvalue weighted by atomic mass is 32.1. The molecule has 0 heterocycles. The zero-order valence-corrected chi connectivity index (χ0v) is 14.8. The Bertz CT molecular complexity index is 603. The summed E-state index contributed by atoms with van der Waals surface area (Å²) < 4.78 is 0. The maximum atomic E-state index is 11.8. The SMILES string of the molecule is Cc1ccc(NC(=O)C(=O)NNC(=S)N[C@H]2CCCC[C@H]2C)cc1. The standard InChI is InChI=1S/C17H24N4O2S/c1-11-7-9-13(10-8-11)18-15(22)16(23)20-21-17(24)19-14-6-4-3-5-12(14)2/h7-10,12,14H,3-6H2,1-2H3,(H,18,22)(H,20,23)(H2,19,21,24)/t12-,14+/m1/s1. The van der Waals surface area contributed by atoms with Gasteiger partial charge in [0.1, 0.15) is 0 Å². The van der Waals surface area contributed by atoms with E-state index in [0.717, 1.165) is 12.0 Å². The van der Waals surface area contributed by atoms with E-state index in [0.29, 0.717) is 22.8 Å². The number of hydrogen-bond donors (Lipinski definition) is 4. The van der Waals surface area contributed by atoms with Crippen molar-refractivity contribution >= 4 is 34.8 Å². The van der Waals surface area contributed by atoms with Crippen molar-refractivity contribution in [3.63, 3.8) is 0 Å². The number of nitrogens with one attached hydrogen (secondary N) is 4. The van der Waals surface area contributed by atoms with Gasteiger partial charge in [0.15, 0.2) is 5.11 Å². The summed E-state index contributed by atoms with van der Waals surface area (Å²) in [6.07, 6.45) is 4.65. The fourth-order valence-corrected chi connectivity index (χ4v) is 2.93. The summed E-state index contributed by atoms with van der Waals surface area (Å²) in [5.41, 5.74) is 6.54. The molecule has 0 bridgehead atoms. The van der Waals surface area contributed by atoms with Crippen LogP contribution in [0, 0.1) is 12.8 Å². The Morgan fingerprint density at radius 1 is 1.04 bits per heavy atom.